The molecule has 0 fully saturated rings. The molecule has 0 saturated carbocycles. The third-order valence-corrected chi connectivity index (χ3v) is 7.02. The monoisotopic (exact) mass is 255 g/mol. The summed E-state index contributed by atoms with van der Waals surface area (Å²) in [6.07, 6.45) is 6.38. The zero-order valence-electron chi connectivity index (χ0n) is 11.3. The number of aromatic nitrogens is 1. The molecule has 1 aromatic heterocycles. The van der Waals surface area contributed by atoms with E-state index in [2.05, 4.69) is 66.7 Å². The summed E-state index contributed by atoms with van der Waals surface area (Å²) in [7, 11) is -1.30. The third-order valence-electron chi connectivity index (χ3n) is 3.55. The smallest absolute Gasteiger partial charge is 0.0826 e. The van der Waals surface area contributed by atoms with Crippen molar-refractivity contribution in [2.45, 2.75) is 32.0 Å². The highest BCUT2D eigenvalue weighted by Gasteiger charge is 2.22. The predicted octanol–water partition coefficient (Wildman–Crippen LogP) is 3.63. The summed E-state index contributed by atoms with van der Waals surface area (Å²) in [6.45, 7) is 4.88. The molecule has 0 radical (unpaired) electrons. The fraction of sp³-hybridized carbons (Fsp3) is 0.312. The van der Waals surface area contributed by atoms with Gasteiger partial charge in [-0.15, -0.1) is 0 Å². The zero-order chi connectivity index (χ0) is 12.8. The molecule has 0 atom stereocenters. The molecule has 1 aromatic carbocycles. The fourth-order valence-corrected chi connectivity index (χ4v) is 4.61. The number of hydrogen-bond donors (Lipinski definition) is 0. The van der Waals surface area contributed by atoms with Gasteiger partial charge >= 0.3 is 0 Å². The van der Waals surface area contributed by atoms with Crippen LogP contribution in [0.2, 0.25) is 19.1 Å². The first-order valence-electron chi connectivity index (χ1n) is 6.63. The molecule has 0 aliphatic rings. The maximum atomic E-state index is 4.25. The van der Waals surface area contributed by atoms with Crippen LogP contribution in [0.4, 0.5) is 0 Å². The van der Waals surface area contributed by atoms with Gasteiger partial charge in [0.05, 0.1) is 8.07 Å². The highest BCUT2D eigenvalue weighted by molar-refractivity contribution is 6.89. The number of rotatable bonds is 5. The average Bonchev–Trinajstić information content (AvgIpc) is 2.41. The first kappa shape index (κ1) is 13.0. The molecule has 1 nitrogen and oxygen atoms in total. The quantitative estimate of drug-likeness (QED) is 0.744. The van der Waals surface area contributed by atoms with Crippen LogP contribution in [-0.4, -0.2) is 13.1 Å². The molecule has 0 unspecified atom stereocenters. The van der Waals surface area contributed by atoms with Crippen LogP contribution in [-0.2, 0) is 6.42 Å². The third kappa shape index (κ3) is 3.54. The second-order valence-electron chi connectivity index (χ2n) is 5.46. The lowest BCUT2D eigenvalue weighted by Gasteiger charge is -2.22. The highest BCUT2D eigenvalue weighted by Crippen LogP contribution is 2.14. The Morgan fingerprint density at radius 2 is 1.78 bits per heavy atom. The Morgan fingerprint density at radius 3 is 2.44 bits per heavy atom. The lowest BCUT2D eigenvalue weighted by Crippen LogP contribution is -2.41. The van der Waals surface area contributed by atoms with E-state index in [0.717, 1.165) is 0 Å². The molecule has 0 spiro atoms. The number of benzene rings is 1. The normalized spacial score (nSPS) is 11.4. The van der Waals surface area contributed by atoms with Gasteiger partial charge in [-0.25, -0.2) is 0 Å². The Bertz CT molecular complexity index is 465. The summed E-state index contributed by atoms with van der Waals surface area (Å²) in [6, 6.07) is 16.4. The van der Waals surface area contributed by atoms with Crippen LogP contribution >= 0.6 is 0 Å². The number of hydrogen-bond acceptors (Lipinski definition) is 1. The van der Waals surface area contributed by atoms with Gasteiger partial charge in [-0.2, -0.15) is 0 Å². The maximum Gasteiger partial charge on any atom is 0.0826 e. The van der Waals surface area contributed by atoms with E-state index in [1.807, 2.05) is 6.20 Å². The second kappa shape index (κ2) is 5.96. The van der Waals surface area contributed by atoms with E-state index in [1.165, 1.54) is 29.6 Å². The van der Waals surface area contributed by atoms with Gasteiger partial charge < -0.3 is 0 Å². The highest BCUT2D eigenvalue weighted by atomic mass is 28.3. The fourth-order valence-electron chi connectivity index (χ4n) is 2.29. The number of pyridine rings is 1. The Balaban J connectivity index is 1.90. The van der Waals surface area contributed by atoms with E-state index in [4.69, 9.17) is 0 Å². The molecular weight excluding hydrogens is 234 g/mol. The Morgan fingerprint density at radius 1 is 1.00 bits per heavy atom. The van der Waals surface area contributed by atoms with E-state index >= 15 is 0 Å². The minimum atomic E-state index is -1.30. The van der Waals surface area contributed by atoms with Crippen molar-refractivity contribution in [2.24, 2.45) is 0 Å². The molecule has 1 heterocycles. The van der Waals surface area contributed by atoms with Crippen molar-refractivity contribution in [3.8, 4) is 0 Å². The van der Waals surface area contributed by atoms with Crippen molar-refractivity contribution in [3.05, 3.63) is 60.4 Å². The lowest BCUT2D eigenvalue weighted by molar-refractivity contribution is 0.904. The van der Waals surface area contributed by atoms with Crippen molar-refractivity contribution >= 4 is 13.3 Å². The standard InChI is InChI=1S/C16H21NSi/c1-18(2,16-11-6-12-17-14-16)13-7-10-15-8-4-3-5-9-15/h3-6,8-9,11-12,14H,7,10,13H2,1-2H3. The van der Waals surface area contributed by atoms with Crippen molar-refractivity contribution < 1.29 is 0 Å². The van der Waals surface area contributed by atoms with Crippen LogP contribution in [0.3, 0.4) is 0 Å². The summed E-state index contributed by atoms with van der Waals surface area (Å²) in [4.78, 5) is 4.25. The molecule has 94 valence electrons. The van der Waals surface area contributed by atoms with Crippen LogP contribution in [0.25, 0.3) is 0 Å². The topological polar surface area (TPSA) is 12.9 Å². The minimum absolute atomic E-state index is 1.19. The molecule has 0 saturated heterocycles. The molecule has 0 aliphatic carbocycles. The van der Waals surface area contributed by atoms with Crippen LogP contribution in [0.15, 0.2) is 54.9 Å². The molecule has 0 aliphatic heterocycles. The van der Waals surface area contributed by atoms with Gasteiger partial charge in [-0.3, -0.25) is 4.98 Å². The SMILES string of the molecule is C[Si](C)(CCCc1ccccc1)c1cccnc1. The van der Waals surface area contributed by atoms with Gasteiger partial charge in [0.25, 0.3) is 0 Å². The zero-order valence-corrected chi connectivity index (χ0v) is 12.3. The van der Waals surface area contributed by atoms with E-state index < -0.39 is 8.07 Å². The second-order valence-corrected chi connectivity index (χ2v) is 10.3. The predicted molar refractivity (Wildman–Crippen MR) is 80.9 cm³/mol. The molecule has 2 aromatic rings. The van der Waals surface area contributed by atoms with Crippen LogP contribution in [0.1, 0.15) is 12.0 Å². The summed E-state index contributed by atoms with van der Waals surface area (Å²) < 4.78 is 0. The van der Waals surface area contributed by atoms with Gasteiger partial charge in [0, 0.05) is 12.4 Å². The summed E-state index contributed by atoms with van der Waals surface area (Å²) in [5.41, 5.74) is 1.45. The van der Waals surface area contributed by atoms with Crippen LogP contribution in [0.5, 0.6) is 0 Å². The van der Waals surface area contributed by atoms with E-state index in [-0.39, 0.29) is 0 Å². The molecule has 0 N–H and O–H groups in total. The minimum Gasteiger partial charge on any atom is -0.265 e. The first-order valence-corrected chi connectivity index (χ1v) is 9.84. The Kier molecular flexibility index (Phi) is 4.31. The van der Waals surface area contributed by atoms with Crippen molar-refractivity contribution in [2.75, 3.05) is 0 Å². The van der Waals surface area contributed by atoms with Crippen molar-refractivity contribution in [1.29, 1.82) is 0 Å². The van der Waals surface area contributed by atoms with Gasteiger partial charge in [0.2, 0.25) is 0 Å². The summed E-state index contributed by atoms with van der Waals surface area (Å²) >= 11 is 0. The first-order chi connectivity index (χ1) is 8.68. The van der Waals surface area contributed by atoms with Gasteiger partial charge in [0.15, 0.2) is 0 Å². The van der Waals surface area contributed by atoms with Crippen molar-refractivity contribution in [1.82, 2.24) is 4.98 Å². The number of aryl methyl sites for hydroxylation is 1. The molecule has 2 heteroatoms. The van der Waals surface area contributed by atoms with E-state index in [1.54, 1.807) is 0 Å². The molecule has 0 bridgehead atoms. The Labute approximate surface area is 111 Å². The maximum absolute atomic E-state index is 4.25. The van der Waals surface area contributed by atoms with Crippen molar-refractivity contribution in [3.63, 3.8) is 0 Å². The van der Waals surface area contributed by atoms with E-state index in [0.29, 0.717) is 0 Å². The summed E-state index contributed by atoms with van der Waals surface area (Å²) in [5.74, 6) is 0. The summed E-state index contributed by atoms with van der Waals surface area (Å²) in [5, 5.41) is 1.47. The van der Waals surface area contributed by atoms with Gasteiger partial charge in [-0.1, -0.05) is 62.0 Å². The largest absolute Gasteiger partial charge is 0.265 e. The van der Waals surface area contributed by atoms with Crippen LogP contribution < -0.4 is 5.19 Å². The molecule has 0 amide bonds. The molecular formula is C16H21NSi. The van der Waals surface area contributed by atoms with Crippen LogP contribution in [0, 0.1) is 0 Å². The average molecular weight is 255 g/mol. The van der Waals surface area contributed by atoms with Gasteiger partial charge in [-0.05, 0) is 23.2 Å². The Hall–Kier alpha value is -1.41. The van der Waals surface area contributed by atoms with E-state index in [9.17, 15) is 0 Å². The molecule has 18 heavy (non-hydrogen) atoms. The lowest BCUT2D eigenvalue weighted by atomic mass is 10.1. The van der Waals surface area contributed by atoms with Gasteiger partial charge in [0.1, 0.15) is 0 Å². The number of nitrogens with zero attached hydrogens (tertiary/aromatic N) is 1. The molecule has 2 rings (SSSR count).